The highest BCUT2D eigenvalue weighted by molar-refractivity contribution is 4.92. The molecule has 1 aliphatic rings. The smallest absolute Gasteiger partial charge is 0.0964 e. The second-order valence-electron chi connectivity index (χ2n) is 5.01. The van der Waals surface area contributed by atoms with E-state index in [1.54, 1.807) is 4.68 Å². The minimum absolute atomic E-state index is 0.200. The minimum atomic E-state index is 0.200. The number of aryl methyl sites for hydroxylation is 1. The third-order valence-electron chi connectivity index (χ3n) is 3.15. The van der Waals surface area contributed by atoms with Gasteiger partial charge < -0.3 is 10.4 Å². The van der Waals surface area contributed by atoms with Crippen LogP contribution in [-0.4, -0.2) is 32.7 Å². The summed E-state index contributed by atoms with van der Waals surface area (Å²) in [5.74, 6) is 0.956. The van der Waals surface area contributed by atoms with Crippen LogP contribution in [0.5, 0.6) is 0 Å². The fourth-order valence-electron chi connectivity index (χ4n) is 1.98. The van der Waals surface area contributed by atoms with Crippen LogP contribution in [0.3, 0.4) is 0 Å². The van der Waals surface area contributed by atoms with E-state index in [0.29, 0.717) is 6.04 Å². The molecule has 96 valence electrons. The molecule has 1 unspecified atom stereocenters. The highest BCUT2D eigenvalue weighted by Gasteiger charge is 2.23. The molecule has 1 heterocycles. The molecule has 0 amide bonds. The number of aromatic nitrogens is 3. The molecule has 5 heteroatoms. The molecule has 1 aromatic rings. The van der Waals surface area contributed by atoms with Crippen LogP contribution < -0.4 is 5.32 Å². The van der Waals surface area contributed by atoms with E-state index in [1.165, 1.54) is 19.3 Å². The van der Waals surface area contributed by atoms with Crippen molar-refractivity contribution >= 4 is 0 Å². The van der Waals surface area contributed by atoms with Crippen molar-refractivity contribution in [2.75, 3.05) is 6.61 Å². The molecule has 0 saturated heterocycles. The first-order chi connectivity index (χ1) is 8.28. The summed E-state index contributed by atoms with van der Waals surface area (Å²) >= 11 is 0. The van der Waals surface area contributed by atoms with Crippen molar-refractivity contribution in [2.24, 2.45) is 5.92 Å². The van der Waals surface area contributed by atoms with Gasteiger partial charge >= 0.3 is 0 Å². The monoisotopic (exact) mass is 238 g/mol. The zero-order valence-electron chi connectivity index (χ0n) is 10.5. The largest absolute Gasteiger partial charge is 0.396 e. The first kappa shape index (κ1) is 12.5. The molecule has 1 aromatic heterocycles. The third kappa shape index (κ3) is 4.44. The Morgan fingerprint density at radius 2 is 2.41 bits per heavy atom. The van der Waals surface area contributed by atoms with Crippen LogP contribution in [0.4, 0.5) is 0 Å². The first-order valence-electron chi connectivity index (χ1n) is 6.51. The summed E-state index contributed by atoms with van der Waals surface area (Å²) in [5, 5.41) is 20.3. The second-order valence-corrected chi connectivity index (χ2v) is 5.01. The average molecular weight is 238 g/mol. The maximum atomic E-state index is 8.73. The number of nitrogens with one attached hydrogen (secondary N) is 1. The highest BCUT2D eigenvalue weighted by Crippen LogP contribution is 2.33. The van der Waals surface area contributed by atoms with Gasteiger partial charge in [-0.2, -0.15) is 0 Å². The first-order valence-corrected chi connectivity index (χ1v) is 6.51. The van der Waals surface area contributed by atoms with Crippen molar-refractivity contribution in [1.82, 2.24) is 20.3 Å². The van der Waals surface area contributed by atoms with Crippen molar-refractivity contribution < 1.29 is 5.11 Å². The number of aliphatic hydroxyl groups excluding tert-OH is 1. The Hall–Kier alpha value is -0.940. The number of aliphatic hydroxyl groups is 1. The molecule has 0 aromatic carbocycles. The predicted octanol–water partition coefficient (Wildman–Crippen LogP) is 0.939. The van der Waals surface area contributed by atoms with Gasteiger partial charge in [0.2, 0.25) is 0 Å². The van der Waals surface area contributed by atoms with E-state index < -0.39 is 0 Å². The molecule has 0 spiro atoms. The summed E-state index contributed by atoms with van der Waals surface area (Å²) < 4.78 is 1.79. The van der Waals surface area contributed by atoms with Crippen molar-refractivity contribution in [2.45, 2.75) is 51.7 Å². The quantitative estimate of drug-likeness (QED) is 0.707. The van der Waals surface area contributed by atoms with E-state index in [4.69, 9.17) is 5.11 Å². The standard InChI is InChI=1S/C12H22N4O/c1-10(7-11-3-4-11)13-8-12-9-16(15-14-12)5-2-6-17/h9-11,13,17H,2-8H2,1H3. The Balaban J connectivity index is 1.68. The van der Waals surface area contributed by atoms with Crippen LogP contribution in [0.1, 0.15) is 38.3 Å². The summed E-state index contributed by atoms with van der Waals surface area (Å²) in [6, 6.07) is 0.560. The van der Waals surface area contributed by atoms with Gasteiger partial charge in [0.15, 0.2) is 0 Å². The number of nitrogens with zero attached hydrogens (tertiary/aromatic N) is 3. The van der Waals surface area contributed by atoms with E-state index >= 15 is 0 Å². The van der Waals surface area contributed by atoms with Crippen molar-refractivity contribution in [3.05, 3.63) is 11.9 Å². The summed E-state index contributed by atoms with van der Waals surface area (Å²) in [6.07, 6.45) is 6.77. The fraction of sp³-hybridized carbons (Fsp3) is 0.833. The molecule has 1 atom stereocenters. The van der Waals surface area contributed by atoms with Gasteiger partial charge in [0.05, 0.1) is 5.69 Å². The van der Waals surface area contributed by atoms with Crippen LogP contribution in [-0.2, 0) is 13.1 Å². The van der Waals surface area contributed by atoms with Gasteiger partial charge in [-0.15, -0.1) is 5.10 Å². The topological polar surface area (TPSA) is 63.0 Å². The van der Waals surface area contributed by atoms with E-state index in [2.05, 4.69) is 22.6 Å². The molecule has 1 fully saturated rings. The zero-order chi connectivity index (χ0) is 12.1. The van der Waals surface area contributed by atoms with Gasteiger partial charge in [-0.1, -0.05) is 18.1 Å². The molecule has 2 rings (SSSR count). The molecule has 1 saturated carbocycles. The number of hydrogen-bond acceptors (Lipinski definition) is 4. The van der Waals surface area contributed by atoms with Gasteiger partial charge in [-0.05, 0) is 25.7 Å². The van der Waals surface area contributed by atoms with E-state index in [9.17, 15) is 0 Å². The predicted molar refractivity (Wildman–Crippen MR) is 65.4 cm³/mol. The SMILES string of the molecule is CC(CC1CC1)NCc1cn(CCCO)nn1. The molecule has 0 bridgehead atoms. The molecule has 1 aliphatic carbocycles. The Morgan fingerprint density at radius 1 is 1.59 bits per heavy atom. The summed E-state index contributed by atoms with van der Waals surface area (Å²) in [7, 11) is 0. The molecule has 0 aliphatic heterocycles. The van der Waals surface area contributed by atoms with Crippen LogP contribution in [0, 0.1) is 5.92 Å². The minimum Gasteiger partial charge on any atom is -0.396 e. The van der Waals surface area contributed by atoms with Gasteiger partial charge in [0.1, 0.15) is 0 Å². The van der Waals surface area contributed by atoms with Gasteiger partial charge in [0.25, 0.3) is 0 Å². The van der Waals surface area contributed by atoms with Gasteiger partial charge in [0, 0.05) is 31.9 Å². The summed E-state index contributed by atoms with van der Waals surface area (Å²) in [6.45, 7) is 3.95. The van der Waals surface area contributed by atoms with Crippen molar-refractivity contribution in [3.63, 3.8) is 0 Å². The van der Waals surface area contributed by atoms with Gasteiger partial charge in [-0.25, -0.2) is 0 Å². The molecule has 17 heavy (non-hydrogen) atoms. The lowest BCUT2D eigenvalue weighted by Crippen LogP contribution is -2.26. The maximum Gasteiger partial charge on any atom is 0.0964 e. The molecule has 2 N–H and O–H groups in total. The molecular weight excluding hydrogens is 216 g/mol. The molecular formula is C12H22N4O. The van der Waals surface area contributed by atoms with E-state index in [0.717, 1.165) is 31.1 Å². The Kier molecular flexibility index (Phi) is 4.50. The number of hydrogen-bond donors (Lipinski definition) is 2. The summed E-state index contributed by atoms with van der Waals surface area (Å²) in [5.41, 5.74) is 0.977. The summed E-state index contributed by atoms with van der Waals surface area (Å²) in [4.78, 5) is 0. The average Bonchev–Trinajstić information content (AvgIpc) is 3.01. The highest BCUT2D eigenvalue weighted by atomic mass is 16.3. The third-order valence-corrected chi connectivity index (χ3v) is 3.15. The van der Waals surface area contributed by atoms with E-state index in [1.807, 2.05) is 6.20 Å². The fourth-order valence-corrected chi connectivity index (χ4v) is 1.98. The lowest BCUT2D eigenvalue weighted by molar-refractivity contribution is 0.276. The van der Waals surface area contributed by atoms with Crippen LogP contribution in [0.15, 0.2) is 6.20 Å². The van der Waals surface area contributed by atoms with Crippen molar-refractivity contribution in [3.8, 4) is 0 Å². The Labute approximate surface area is 102 Å². The maximum absolute atomic E-state index is 8.73. The van der Waals surface area contributed by atoms with Crippen LogP contribution in [0.25, 0.3) is 0 Å². The molecule has 5 nitrogen and oxygen atoms in total. The number of rotatable bonds is 8. The molecule has 0 radical (unpaired) electrons. The van der Waals surface area contributed by atoms with Crippen LogP contribution in [0.2, 0.25) is 0 Å². The Morgan fingerprint density at radius 3 is 3.12 bits per heavy atom. The van der Waals surface area contributed by atoms with E-state index in [-0.39, 0.29) is 6.61 Å². The second kappa shape index (κ2) is 6.12. The van der Waals surface area contributed by atoms with Gasteiger partial charge in [-0.3, -0.25) is 4.68 Å². The lowest BCUT2D eigenvalue weighted by Gasteiger charge is -2.11. The lowest BCUT2D eigenvalue weighted by atomic mass is 10.1. The van der Waals surface area contributed by atoms with Crippen LogP contribution >= 0.6 is 0 Å². The van der Waals surface area contributed by atoms with Crippen molar-refractivity contribution in [1.29, 1.82) is 0 Å². The normalized spacial score (nSPS) is 17.3. The Bertz CT molecular complexity index is 335. The zero-order valence-corrected chi connectivity index (χ0v) is 10.5.